The lowest BCUT2D eigenvalue weighted by Crippen LogP contribution is -2.30. The fourth-order valence-electron chi connectivity index (χ4n) is 1.85. The van der Waals surface area contributed by atoms with Crippen LogP contribution >= 0.6 is 15.9 Å². The standard InChI is InChI=1S/C16H18BrN3O/c1-10(2)19-16(21)11-3-8-15(14(18)9-11)20-13-6-4-12(17)5-7-13/h3-10,20H,18H2,1-2H3,(H,19,21). The van der Waals surface area contributed by atoms with Crippen molar-refractivity contribution in [2.24, 2.45) is 0 Å². The zero-order chi connectivity index (χ0) is 15.4. The monoisotopic (exact) mass is 347 g/mol. The Morgan fingerprint density at radius 1 is 1.14 bits per heavy atom. The van der Waals surface area contributed by atoms with Crippen molar-refractivity contribution in [3.63, 3.8) is 0 Å². The highest BCUT2D eigenvalue weighted by molar-refractivity contribution is 9.10. The topological polar surface area (TPSA) is 67.2 Å². The van der Waals surface area contributed by atoms with Crippen LogP contribution in [-0.4, -0.2) is 11.9 Å². The molecule has 4 nitrogen and oxygen atoms in total. The predicted octanol–water partition coefficient (Wildman–Crippen LogP) is 3.91. The maximum absolute atomic E-state index is 11.9. The van der Waals surface area contributed by atoms with Gasteiger partial charge in [-0.25, -0.2) is 0 Å². The minimum absolute atomic E-state index is 0.0966. The van der Waals surface area contributed by atoms with Gasteiger partial charge < -0.3 is 16.4 Å². The van der Waals surface area contributed by atoms with Crippen molar-refractivity contribution in [3.05, 3.63) is 52.5 Å². The molecule has 0 aliphatic carbocycles. The highest BCUT2D eigenvalue weighted by Crippen LogP contribution is 2.25. The van der Waals surface area contributed by atoms with Gasteiger partial charge in [0.1, 0.15) is 0 Å². The highest BCUT2D eigenvalue weighted by atomic mass is 79.9. The van der Waals surface area contributed by atoms with E-state index < -0.39 is 0 Å². The molecular formula is C16H18BrN3O. The van der Waals surface area contributed by atoms with E-state index in [1.807, 2.05) is 44.2 Å². The summed E-state index contributed by atoms with van der Waals surface area (Å²) in [6, 6.07) is 13.1. The van der Waals surface area contributed by atoms with Gasteiger partial charge in [-0.2, -0.15) is 0 Å². The molecule has 0 fully saturated rings. The second-order valence-electron chi connectivity index (χ2n) is 5.06. The Bertz CT molecular complexity index is 638. The number of hydrogen-bond acceptors (Lipinski definition) is 3. The number of rotatable bonds is 4. The van der Waals surface area contributed by atoms with Gasteiger partial charge in [0.25, 0.3) is 5.91 Å². The predicted molar refractivity (Wildman–Crippen MR) is 90.9 cm³/mol. The lowest BCUT2D eigenvalue weighted by atomic mass is 10.1. The van der Waals surface area contributed by atoms with Gasteiger partial charge in [0.15, 0.2) is 0 Å². The van der Waals surface area contributed by atoms with E-state index in [1.165, 1.54) is 0 Å². The third kappa shape index (κ3) is 4.23. The van der Waals surface area contributed by atoms with Crippen LogP contribution in [0.2, 0.25) is 0 Å². The molecule has 1 amide bonds. The maximum Gasteiger partial charge on any atom is 0.251 e. The first-order valence-corrected chi connectivity index (χ1v) is 7.48. The Kier molecular flexibility index (Phi) is 4.85. The number of anilines is 3. The van der Waals surface area contributed by atoms with Crippen molar-refractivity contribution >= 4 is 38.9 Å². The van der Waals surface area contributed by atoms with Crippen LogP contribution < -0.4 is 16.4 Å². The van der Waals surface area contributed by atoms with Crippen molar-refractivity contribution in [2.45, 2.75) is 19.9 Å². The first-order valence-electron chi connectivity index (χ1n) is 6.68. The molecule has 0 aliphatic rings. The summed E-state index contributed by atoms with van der Waals surface area (Å²) in [5, 5.41) is 6.07. The number of nitrogens with one attached hydrogen (secondary N) is 2. The van der Waals surface area contributed by atoms with E-state index >= 15 is 0 Å². The summed E-state index contributed by atoms with van der Waals surface area (Å²) in [6.07, 6.45) is 0. The molecule has 21 heavy (non-hydrogen) atoms. The molecule has 0 bridgehead atoms. The van der Waals surface area contributed by atoms with Crippen LogP contribution in [0.25, 0.3) is 0 Å². The van der Waals surface area contributed by atoms with Crippen LogP contribution in [0.1, 0.15) is 24.2 Å². The number of carbonyl (C=O) groups is 1. The molecular weight excluding hydrogens is 330 g/mol. The minimum atomic E-state index is -0.119. The normalized spacial score (nSPS) is 10.5. The molecule has 0 aliphatic heterocycles. The van der Waals surface area contributed by atoms with Gasteiger partial charge in [-0.05, 0) is 56.3 Å². The molecule has 0 radical (unpaired) electrons. The molecule has 0 atom stereocenters. The number of nitrogen functional groups attached to an aromatic ring is 1. The average molecular weight is 348 g/mol. The van der Waals surface area contributed by atoms with Crippen LogP contribution in [0.5, 0.6) is 0 Å². The van der Waals surface area contributed by atoms with E-state index in [2.05, 4.69) is 26.6 Å². The van der Waals surface area contributed by atoms with Crippen molar-refractivity contribution in [1.82, 2.24) is 5.32 Å². The SMILES string of the molecule is CC(C)NC(=O)c1ccc(Nc2ccc(Br)cc2)c(N)c1. The molecule has 0 saturated carbocycles. The quantitative estimate of drug-likeness (QED) is 0.734. The van der Waals surface area contributed by atoms with Gasteiger partial charge in [-0.15, -0.1) is 0 Å². The molecule has 0 saturated heterocycles. The van der Waals surface area contributed by atoms with Crippen molar-refractivity contribution < 1.29 is 4.79 Å². The smallest absolute Gasteiger partial charge is 0.251 e. The summed E-state index contributed by atoms with van der Waals surface area (Å²) in [5.74, 6) is -0.119. The summed E-state index contributed by atoms with van der Waals surface area (Å²) in [7, 11) is 0. The fourth-order valence-corrected chi connectivity index (χ4v) is 2.12. The first kappa shape index (κ1) is 15.4. The molecule has 0 spiro atoms. The third-order valence-corrected chi connectivity index (χ3v) is 3.39. The second kappa shape index (κ2) is 6.63. The molecule has 0 aromatic heterocycles. The molecule has 2 aromatic rings. The first-order chi connectivity index (χ1) is 9.95. The van der Waals surface area contributed by atoms with Crippen molar-refractivity contribution in [3.8, 4) is 0 Å². The number of halogens is 1. The number of benzene rings is 2. The molecule has 0 unspecified atom stereocenters. The lowest BCUT2D eigenvalue weighted by Gasteiger charge is -2.12. The van der Waals surface area contributed by atoms with Gasteiger partial charge in [0.2, 0.25) is 0 Å². The van der Waals surface area contributed by atoms with E-state index in [4.69, 9.17) is 5.73 Å². The highest BCUT2D eigenvalue weighted by Gasteiger charge is 2.09. The van der Waals surface area contributed by atoms with Crippen LogP contribution in [0.4, 0.5) is 17.1 Å². The number of hydrogen-bond donors (Lipinski definition) is 3. The summed E-state index contributed by atoms with van der Waals surface area (Å²) in [6.45, 7) is 3.84. The Balaban J connectivity index is 2.15. The minimum Gasteiger partial charge on any atom is -0.397 e. The number of amides is 1. The Labute approximate surface area is 132 Å². The van der Waals surface area contributed by atoms with Crippen LogP contribution in [-0.2, 0) is 0 Å². The van der Waals surface area contributed by atoms with Crippen molar-refractivity contribution in [2.75, 3.05) is 11.1 Å². The maximum atomic E-state index is 11.9. The molecule has 110 valence electrons. The average Bonchev–Trinajstić information content (AvgIpc) is 2.42. The Morgan fingerprint density at radius 2 is 1.81 bits per heavy atom. The van der Waals surface area contributed by atoms with E-state index in [-0.39, 0.29) is 11.9 Å². The summed E-state index contributed by atoms with van der Waals surface area (Å²) in [5.41, 5.74) is 8.82. The van der Waals surface area contributed by atoms with Gasteiger partial charge >= 0.3 is 0 Å². The molecule has 2 aromatic carbocycles. The zero-order valence-electron chi connectivity index (χ0n) is 12.0. The van der Waals surface area contributed by atoms with Gasteiger partial charge in [0, 0.05) is 21.8 Å². The second-order valence-corrected chi connectivity index (χ2v) is 5.98. The van der Waals surface area contributed by atoms with E-state index in [1.54, 1.807) is 12.1 Å². The molecule has 4 N–H and O–H groups in total. The van der Waals surface area contributed by atoms with E-state index in [0.29, 0.717) is 11.3 Å². The van der Waals surface area contributed by atoms with E-state index in [9.17, 15) is 4.79 Å². The Morgan fingerprint density at radius 3 is 2.38 bits per heavy atom. The van der Waals surface area contributed by atoms with Gasteiger partial charge in [-0.3, -0.25) is 4.79 Å². The van der Waals surface area contributed by atoms with Crippen LogP contribution in [0, 0.1) is 0 Å². The van der Waals surface area contributed by atoms with Crippen LogP contribution in [0.15, 0.2) is 46.9 Å². The third-order valence-electron chi connectivity index (χ3n) is 2.86. The van der Waals surface area contributed by atoms with Gasteiger partial charge in [-0.1, -0.05) is 15.9 Å². The van der Waals surface area contributed by atoms with Gasteiger partial charge in [0.05, 0.1) is 11.4 Å². The number of carbonyl (C=O) groups excluding carboxylic acids is 1. The van der Waals surface area contributed by atoms with Crippen molar-refractivity contribution in [1.29, 1.82) is 0 Å². The zero-order valence-corrected chi connectivity index (χ0v) is 13.6. The van der Waals surface area contributed by atoms with Crippen LogP contribution in [0.3, 0.4) is 0 Å². The largest absolute Gasteiger partial charge is 0.397 e. The fraction of sp³-hybridized carbons (Fsp3) is 0.188. The summed E-state index contributed by atoms with van der Waals surface area (Å²) >= 11 is 3.39. The molecule has 5 heteroatoms. The van der Waals surface area contributed by atoms with E-state index in [0.717, 1.165) is 15.8 Å². The molecule has 0 heterocycles. The Hall–Kier alpha value is -2.01. The lowest BCUT2D eigenvalue weighted by molar-refractivity contribution is 0.0943. The molecule has 2 rings (SSSR count). The summed E-state index contributed by atoms with van der Waals surface area (Å²) < 4.78 is 1.02. The number of nitrogens with two attached hydrogens (primary N) is 1. The summed E-state index contributed by atoms with van der Waals surface area (Å²) in [4.78, 5) is 11.9.